The highest BCUT2D eigenvalue weighted by Crippen LogP contribution is 2.40. The summed E-state index contributed by atoms with van der Waals surface area (Å²) in [6.07, 6.45) is -7.29. The standard InChI is InChI=1S/C22H18F6N2O3S.C4H7NO/c1-2-33-20(32)15-9-17-19(16(11-34-17)29-5-3-4-18(29)31)30(15)10-12-6-13(21(23,24)25)8-14(7-12)22(26,27)28;6-4-2-1-3-5-4/h6-9,11H,2-5,10H2,1H3;1-3H2,(H,5,6). The van der Waals surface area contributed by atoms with Crippen LogP contribution >= 0.6 is 11.3 Å². The first kappa shape index (κ1) is 29.4. The molecular weight excluding hydrogens is 564 g/mol. The maximum Gasteiger partial charge on any atom is 0.416 e. The Morgan fingerprint density at radius 2 is 1.68 bits per heavy atom. The Morgan fingerprint density at radius 3 is 2.15 bits per heavy atom. The largest absolute Gasteiger partial charge is 0.461 e. The van der Waals surface area contributed by atoms with Crippen molar-refractivity contribution in [3.05, 3.63) is 52.0 Å². The molecule has 2 fully saturated rings. The molecule has 0 unspecified atom stereocenters. The van der Waals surface area contributed by atoms with Crippen molar-refractivity contribution in [2.24, 2.45) is 0 Å². The first-order valence-electron chi connectivity index (χ1n) is 12.4. The van der Waals surface area contributed by atoms with Gasteiger partial charge in [0.25, 0.3) is 0 Å². The monoisotopic (exact) mass is 589 g/mol. The zero-order valence-electron chi connectivity index (χ0n) is 21.2. The number of hydrogen-bond donors (Lipinski definition) is 1. The summed E-state index contributed by atoms with van der Waals surface area (Å²) in [7, 11) is 0. The molecular formula is C26H25F6N3O4S. The van der Waals surface area contributed by atoms with Crippen LogP contribution in [-0.2, 0) is 33.2 Å². The predicted octanol–water partition coefficient (Wildman–Crippen LogP) is 5.99. The van der Waals surface area contributed by atoms with Gasteiger partial charge in [-0.05, 0) is 49.6 Å². The van der Waals surface area contributed by atoms with Gasteiger partial charge >= 0.3 is 18.3 Å². The molecule has 14 heteroatoms. The minimum Gasteiger partial charge on any atom is -0.461 e. The number of nitrogens with one attached hydrogen (secondary N) is 1. The van der Waals surface area contributed by atoms with Gasteiger partial charge < -0.3 is 19.5 Å². The fraction of sp³-hybridized carbons (Fsp3) is 0.423. The van der Waals surface area contributed by atoms with Crippen LogP contribution in [-0.4, -0.2) is 42.0 Å². The summed E-state index contributed by atoms with van der Waals surface area (Å²) >= 11 is 1.22. The van der Waals surface area contributed by atoms with E-state index in [1.165, 1.54) is 26.9 Å². The van der Waals surface area contributed by atoms with Crippen molar-refractivity contribution < 1.29 is 45.5 Å². The van der Waals surface area contributed by atoms with Gasteiger partial charge in [-0.2, -0.15) is 26.3 Å². The summed E-state index contributed by atoms with van der Waals surface area (Å²) in [6, 6.07) is 2.78. The number of carbonyl (C=O) groups excluding carboxylic acids is 3. The number of anilines is 1. The van der Waals surface area contributed by atoms with Crippen LogP contribution in [0.4, 0.5) is 32.0 Å². The number of aromatic nitrogens is 1. The van der Waals surface area contributed by atoms with Gasteiger partial charge in [0.05, 0.1) is 33.6 Å². The molecule has 7 nitrogen and oxygen atoms in total. The van der Waals surface area contributed by atoms with E-state index in [4.69, 9.17) is 4.74 Å². The van der Waals surface area contributed by atoms with Crippen LogP contribution in [0.1, 0.15) is 59.8 Å². The van der Waals surface area contributed by atoms with Gasteiger partial charge in [-0.1, -0.05) is 0 Å². The van der Waals surface area contributed by atoms with Crippen LogP contribution < -0.4 is 10.2 Å². The Bertz CT molecular complexity index is 1390. The van der Waals surface area contributed by atoms with Crippen molar-refractivity contribution >= 4 is 45.0 Å². The van der Waals surface area contributed by atoms with Crippen LogP contribution in [0.3, 0.4) is 0 Å². The molecule has 0 spiro atoms. The van der Waals surface area contributed by atoms with Crippen molar-refractivity contribution in [3.63, 3.8) is 0 Å². The van der Waals surface area contributed by atoms with Gasteiger partial charge in [0, 0.05) is 37.9 Å². The van der Waals surface area contributed by atoms with E-state index < -0.39 is 36.0 Å². The van der Waals surface area contributed by atoms with Gasteiger partial charge in [-0.3, -0.25) is 9.59 Å². The lowest BCUT2D eigenvalue weighted by Gasteiger charge is -2.18. The molecule has 0 aliphatic carbocycles. The molecule has 0 atom stereocenters. The van der Waals surface area contributed by atoms with Gasteiger partial charge in [-0.25, -0.2) is 4.79 Å². The van der Waals surface area contributed by atoms with Crippen LogP contribution in [0, 0.1) is 0 Å². The number of alkyl halides is 6. The summed E-state index contributed by atoms with van der Waals surface area (Å²) in [5.74, 6) is -0.716. The Morgan fingerprint density at radius 1 is 1.00 bits per heavy atom. The molecule has 0 saturated carbocycles. The molecule has 2 aliphatic heterocycles. The lowest BCUT2D eigenvalue weighted by atomic mass is 10.0. The van der Waals surface area contributed by atoms with Crippen molar-refractivity contribution in [1.82, 2.24) is 9.88 Å². The smallest absolute Gasteiger partial charge is 0.416 e. The Balaban J connectivity index is 0.000000546. The lowest BCUT2D eigenvalue weighted by molar-refractivity contribution is -0.143. The number of esters is 1. The second kappa shape index (κ2) is 11.5. The fourth-order valence-corrected chi connectivity index (χ4v) is 5.53. The molecule has 1 N–H and O–H groups in total. The summed E-state index contributed by atoms with van der Waals surface area (Å²) < 4.78 is 87.0. The van der Waals surface area contributed by atoms with Crippen LogP contribution in [0.5, 0.6) is 0 Å². The molecule has 2 aliphatic rings. The van der Waals surface area contributed by atoms with Gasteiger partial charge in [-0.15, -0.1) is 11.3 Å². The lowest BCUT2D eigenvalue weighted by Crippen LogP contribution is -2.24. The second-order valence-corrected chi connectivity index (χ2v) is 10.1. The van der Waals surface area contributed by atoms with E-state index in [1.807, 2.05) is 0 Å². The van der Waals surface area contributed by atoms with E-state index in [2.05, 4.69) is 5.32 Å². The number of amides is 2. The molecule has 40 heavy (non-hydrogen) atoms. The summed E-state index contributed by atoms with van der Waals surface area (Å²) in [5.41, 5.74) is -2.37. The van der Waals surface area contributed by atoms with Crippen LogP contribution in [0.25, 0.3) is 10.2 Å². The number of benzene rings is 1. The highest BCUT2D eigenvalue weighted by atomic mass is 32.1. The van der Waals surface area contributed by atoms with E-state index in [-0.39, 0.29) is 35.7 Å². The number of rotatable bonds is 5. The third-order valence-corrected chi connectivity index (χ3v) is 7.25. The number of fused-ring (bicyclic) bond motifs is 1. The van der Waals surface area contributed by atoms with Gasteiger partial charge in [0.15, 0.2) is 0 Å². The summed E-state index contributed by atoms with van der Waals surface area (Å²) in [5, 5.41) is 4.37. The normalized spacial score (nSPS) is 15.8. The van der Waals surface area contributed by atoms with E-state index >= 15 is 0 Å². The van der Waals surface area contributed by atoms with E-state index in [1.54, 1.807) is 12.3 Å². The molecule has 2 amide bonds. The number of nitrogens with zero attached hydrogens (tertiary/aromatic N) is 2. The Hall–Kier alpha value is -3.55. The second-order valence-electron chi connectivity index (χ2n) is 9.19. The number of ether oxygens (including phenoxy) is 1. The quantitative estimate of drug-likeness (QED) is 0.293. The van der Waals surface area contributed by atoms with E-state index in [0.29, 0.717) is 47.4 Å². The minimum atomic E-state index is -5.00. The van der Waals surface area contributed by atoms with Crippen molar-refractivity contribution in [2.45, 2.75) is 51.5 Å². The average Bonchev–Trinajstić information content (AvgIpc) is 3.65. The zero-order valence-corrected chi connectivity index (χ0v) is 22.1. The molecule has 4 heterocycles. The first-order chi connectivity index (χ1) is 18.8. The molecule has 216 valence electrons. The third kappa shape index (κ3) is 6.43. The van der Waals surface area contributed by atoms with Crippen molar-refractivity contribution in [3.8, 4) is 0 Å². The minimum absolute atomic E-state index is 0.0247. The Kier molecular flexibility index (Phi) is 8.47. The van der Waals surface area contributed by atoms with Crippen LogP contribution in [0.2, 0.25) is 0 Å². The maximum absolute atomic E-state index is 13.3. The molecule has 0 bridgehead atoms. The number of thiophene rings is 1. The van der Waals surface area contributed by atoms with Gasteiger partial charge in [0.1, 0.15) is 5.69 Å². The molecule has 5 rings (SSSR count). The maximum atomic E-state index is 13.3. The first-order valence-corrected chi connectivity index (χ1v) is 13.3. The van der Waals surface area contributed by atoms with E-state index in [9.17, 15) is 40.7 Å². The average molecular weight is 590 g/mol. The predicted molar refractivity (Wildman–Crippen MR) is 135 cm³/mol. The van der Waals surface area contributed by atoms with Crippen molar-refractivity contribution in [1.29, 1.82) is 0 Å². The molecule has 1 aromatic carbocycles. The summed E-state index contributed by atoms with van der Waals surface area (Å²) in [6.45, 7) is 2.45. The topological polar surface area (TPSA) is 80.6 Å². The summed E-state index contributed by atoms with van der Waals surface area (Å²) in [4.78, 5) is 36.6. The highest BCUT2D eigenvalue weighted by Gasteiger charge is 2.37. The molecule has 3 aromatic rings. The zero-order chi connectivity index (χ0) is 29.2. The van der Waals surface area contributed by atoms with Crippen molar-refractivity contribution in [2.75, 3.05) is 24.6 Å². The number of hydrogen-bond acceptors (Lipinski definition) is 5. The third-order valence-electron chi connectivity index (χ3n) is 6.34. The molecule has 2 saturated heterocycles. The number of carbonyl (C=O) groups is 3. The Labute approximate surface area is 228 Å². The van der Waals surface area contributed by atoms with Crippen LogP contribution in [0.15, 0.2) is 29.6 Å². The van der Waals surface area contributed by atoms with Gasteiger partial charge in [0.2, 0.25) is 11.8 Å². The molecule has 2 aromatic heterocycles. The number of halogens is 6. The fourth-order valence-electron chi connectivity index (χ4n) is 4.54. The molecule has 0 radical (unpaired) electrons. The highest BCUT2D eigenvalue weighted by molar-refractivity contribution is 7.17. The SMILES string of the molecule is CCOC(=O)c1cc2scc(N3CCCC3=O)c2n1Cc1cc(C(F)(F)F)cc(C(F)(F)F)c1.O=C1CCCN1. The van der Waals surface area contributed by atoms with E-state index in [0.717, 1.165) is 19.4 Å².